The summed E-state index contributed by atoms with van der Waals surface area (Å²) in [7, 11) is -4.79. The average Bonchev–Trinajstić information content (AvgIpc) is 1.89. The van der Waals surface area contributed by atoms with Crippen molar-refractivity contribution < 1.29 is 30.4 Å². The van der Waals surface area contributed by atoms with Gasteiger partial charge in [-0.25, -0.2) is 8.42 Å². The first kappa shape index (κ1) is 14.7. The summed E-state index contributed by atoms with van der Waals surface area (Å²) in [5.74, 6) is 0. The number of halogens is 5. The first-order chi connectivity index (χ1) is 5.19. The first-order valence-corrected chi connectivity index (χ1v) is 3.96. The van der Waals surface area contributed by atoms with Gasteiger partial charge in [0, 0.05) is 0 Å². The molecule has 0 heterocycles. The van der Waals surface area contributed by atoms with Crippen molar-refractivity contribution in [2.45, 2.75) is 17.0 Å². The van der Waals surface area contributed by atoms with Gasteiger partial charge in [0.15, 0.2) is 0 Å². The van der Waals surface area contributed by atoms with Crippen LogP contribution in [-0.2, 0) is 10.7 Å². The van der Waals surface area contributed by atoms with Crippen molar-refractivity contribution in [3.8, 4) is 0 Å². The Morgan fingerprint density at radius 1 is 1.00 bits per heavy atom. The zero-order valence-electron chi connectivity index (χ0n) is 6.15. The van der Waals surface area contributed by atoms with Crippen LogP contribution >= 0.6 is 0 Å². The van der Waals surface area contributed by atoms with E-state index in [2.05, 4.69) is 0 Å². The molecule has 0 fully saturated rings. The fraction of sp³-hybridized carbons (Fsp3) is 1.00. The molecular weight excluding hydrogens is 202 g/mol. The van der Waals surface area contributed by atoms with E-state index < -0.39 is 22.1 Å². The van der Waals surface area contributed by atoms with Crippen molar-refractivity contribution in [2.24, 2.45) is 0 Å². The van der Waals surface area contributed by atoms with Gasteiger partial charge in [-0.05, 0) is 0 Å². The van der Waals surface area contributed by atoms with Crippen LogP contribution in [-0.4, -0.2) is 37.6 Å². The molecule has 0 atom stereocenters. The van der Waals surface area contributed by atoms with Crippen molar-refractivity contribution in [3.05, 3.63) is 0 Å². The zero-order chi connectivity index (χ0) is 10.6. The van der Waals surface area contributed by atoms with E-state index in [-0.39, 0.29) is 0 Å². The van der Waals surface area contributed by atoms with Gasteiger partial charge in [-0.2, -0.15) is 22.0 Å². The molecule has 0 saturated heterocycles. The fourth-order valence-corrected chi connectivity index (χ4v) is 0.311. The molecule has 0 aliphatic rings. The monoisotopic (exact) mass is 206 g/mol. The summed E-state index contributed by atoms with van der Waals surface area (Å²) in [6.45, 7) is 0. The molecule has 0 amide bonds. The predicted octanol–water partition coefficient (Wildman–Crippen LogP) is 0.956. The second-order valence-corrected chi connectivity index (χ2v) is 2.37. The second kappa shape index (κ2) is 5.04. The molecule has 0 aromatic carbocycles. The molecule has 2 nitrogen and oxygen atoms in total. The summed E-state index contributed by atoms with van der Waals surface area (Å²) in [6.07, 6.45) is -6.01. The number of hydrogen-bond acceptors (Lipinski definition) is 2. The van der Waals surface area contributed by atoms with Gasteiger partial charge in [0.25, 0.3) is 0 Å². The summed E-state index contributed by atoms with van der Waals surface area (Å²) in [5, 5.41) is -5.61. The van der Waals surface area contributed by atoms with Crippen LogP contribution in [0, 0.1) is 0 Å². The first-order valence-electron chi connectivity index (χ1n) is 2.78. The maximum atomic E-state index is 11.3. The van der Waals surface area contributed by atoms with Crippen LogP contribution in [0.15, 0.2) is 0 Å². The van der Waals surface area contributed by atoms with Gasteiger partial charge >= 0.3 is 34.7 Å². The van der Waals surface area contributed by atoms with Crippen LogP contribution in [0.5, 0.6) is 0 Å². The van der Waals surface area contributed by atoms with Crippen LogP contribution in [0.3, 0.4) is 0 Å². The van der Waals surface area contributed by atoms with E-state index in [0.29, 0.717) is 0 Å². The number of hydrogen-bond donors (Lipinski definition) is 1. The van der Waals surface area contributed by atoms with Gasteiger partial charge in [-0.1, -0.05) is 0 Å². The van der Waals surface area contributed by atoms with Crippen LogP contribution in [0.4, 0.5) is 22.0 Å². The van der Waals surface area contributed by atoms with Crippen LogP contribution in [0.2, 0.25) is 5.60 Å². The normalized spacial score (nSPS) is 12.4. The molecule has 12 heavy (non-hydrogen) atoms. The number of rotatable bonds is 1. The molecule has 0 rings (SSSR count). The average molecular weight is 206 g/mol. The molecule has 0 aromatic heterocycles. The molecule has 0 aromatic rings. The van der Waals surface area contributed by atoms with Crippen LogP contribution < -0.4 is 0 Å². The van der Waals surface area contributed by atoms with Gasteiger partial charge in [-0.15, -0.1) is 0 Å². The molecule has 0 radical (unpaired) electrons. The molecule has 0 spiro atoms. The Labute approximate surface area is 76.3 Å². The summed E-state index contributed by atoms with van der Waals surface area (Å²) < 4.78 is 74.0. The quantitative estimate of drug-likeness (QED) is 0.393. The van der Waals surface area contributed by atoms with Crippen molar-refractivity contribution in [1.82, 2.24) is 0 Å². The van der Waals surface area contributed by atoms with E-state index >= 15 is 0 Å². The number of thiol groups is 1. The maximum absolute atomic E-state index is 11.3. The standard InChI is InChI=1S/C2HF5O2S.CH3.Li/c3-1(4,5)2(6,7)10(8)9;;/h10H;1H3;. The molecule has 0 unspecified atom stereocenters. The van der Waals surface area contributed by atoms with E-state index in [4.69, 9.17) is 0 Å². The Balaban J connectivity index is 0. The fourth-order valence-electron chi connectivity index (χ4n) is 0.104. The van der Waals surface area contributed by atoms with E-state index in [1.165, 1.54) is 0 Å². The molecule has 0 saturated carbocycles. The Hall–Kier alpha value is 0.197. The van der Waals surface area contributed by atoms with E-state index in [1.807, 2.05) is 23.3 Å². The Kier molecular flexibility index (Phi) is 6.18. The predicted molar refractivity (Wildman–Crippen MR) is 32.9 cm³/mol. The molecule has 0 N–H and O–H groups in total. The van der Waals surface area contributed by atoms with Gasteiger partial charge in [0.2, 0.25) is 10.7 Å². The molecule has 9 heteroatoms. The molecular formula is C3H4F5LiO2S. The number of alkyl halides is 5. The third-order valence-corrected chi connectivity index (χ3v) is 1.28. The molecule has 0 bridgehead atoms. The van der Waals surface area contributed by atoms with Crippen molar-refractivity contribution in [2.75, 3.05) is 0 Å². The van der Waals surface area contributed by atoms with Crippen molar-refractivity contribution in [1.29, 1.82) is 0 Å². The van der Waals surface area contributed by atoms with Gasteiger partial charge in [0.05, 0.1) is 0 Å². The SMILES string of the molecule is O=[SH](=O)C(F)(F)C(F)(F)F.[Li][CH3]. The summed E-state index contributed by atoms with van der Waals surface area (Å²) in [5.41, 5.74) is 2.00. The van der Waals surface area contributed by atoms with Crippen molar-refractivity contribution in [3.63, 3.8) is 0 Å². The summed E-state index contributed by atoms with van der Waals surface area (Å²) in [4.78, 5) is 0. The minimum atomic E-state index is -6.01. The topological polar surface area (TPSA) is 34.1 Å². The zero-order valence-corrected chi connectivity index (χ0v) is 7.05. The minimum absolute atomic E-state index is 2.00. The third-order valence-electron chi connectivity index (χ3n) is 0.570. The van der Waals surface area contributed by atoms with Crippen LogP contribution in [0.1, 0.15) is 0 Å². The Morgan fingerprint density at radius 2 is 1.25 bits per heavy atom. The Morgan fingerprint density at radius 3 is 1.25 bits per heavy atom. The third kappa shape index (κ3) is 3.73. The molecule has 0 aliphatic heterocycles. The molecule has 70 valence electrons. The van der Waals surface area contributed by atoms with Crippen molar-refractivity contribution >= 4 is 28.4 Å². The van der Waals surface area contributed by atoms with Crippen LogP contribution in [0.25, 0.3) is 0 Å². The van der Waals surface area contributed by atoms with E-state index in [0.717, 1.165) is 0 Å². The van der Waals surface area contributed by atoms with E-state index in [1.54, 1.807) is 0 Å². The summed E-state index contributed by atoms with van der Waals surface area (Å²) >= 11 is 2.00. The van der Waals surface area contributed by atoms with Gasteiger partial charge < -0.3 is 0 Å². The van der Waals surface area contributed by atoms with E-state index in [9.17, 15) is 30.4 Å². The van der Waals surface area contributed by atoms with Gasteiger partial charge in [0.1, 0.15) is 0 Å². The molecule has 0 aliphatic carbocycles. The summed E-state index contributed by atoms with van der Waals surface area (Å²) in [6, 6.07) is 0. The Bertz CT molecular complexity index is 189. The second-order valence-electron chi connectivity index (χ2n) is 1.30. The van der Waals surface area contributed by atoms with Gasteiger partial charge in [-0.3, -0.25) is 0 Å².